The van der Waals surface area contributed by atoms with Gasteiger partial charge in [-0.05, 0) is 36.6 Å². The molecule has 0 spiro atoms. The van der Waals surface area contributed by atoms with Crippen LogP contribution in [0.3, 0.4) is 0 Å². The number of nitrogens with one attached hydrogen (secondary N) is 1. The van der Waals surface area contributed by atoms with Crippen molar-refractivity contribution in [2.24, 2.45) is 4.99 Å². The van der Waals surface area contributed by atoms with Gasteiger partial charge in [-0.1, -0.05) is 132 Å². The van der Waals surface area contributed by atoms with Gasteiger partial charge in [-0.2, -0.15) is 0 Å². The molecule has 0 aliphatic carbocycles. The summed E-state index contributed by atoms with van der Waals surface area (Å²) in [6.07, 6.45) is 16.3. The van der Waals surface area contributed by atoms with Crippen molar-refractivity contribution in [1.82, 2.24) is 5.32 Å². The van der Waals surface area contributed by atoms with Crippen molar-refractivity contribution in [2.75, 3.05) is 12.4 Å². The summed E-state index contributed by atoms with van der Waals surface area (Å²) in [6, 6.07) is 14.2. The molecule has 1 unspecified atom stereocenters. The SMILES string of the molecule is CCCCCCCCCCCCCCSC1=NC(c2cccc3ccccc23)C(C(=O)OCC)=C(C)N1. The first-order chi connectivity index (χ1) is 18.2. The van der Waals surface area contributed by atoms with Gasteiger partial charge in [0.05, 0.1) is 12.2 Å². The van der Waals surface area contributed by atoms with Gasteiger partial charge in [0.2, 0.25) is 0 Å². The first-order valence-electron chi connectivity index (χ1n) is 14.5. The first-order valence-corrected chi connectivity index (χ1v) is 15.5. The maximum absolute atomic E-state index is 12.9. The molecule has 2 aromatic rings. The number of benzene rings is 2. The molecule has 1 atom stereocenters. The number of amidine groups is 1. The van der Waals surface area contributed by atoms with Crippen LogP contribution >= 0.6 is 11.8 Å². The highest BCUT2D eigenvalue weighted by Crippen LogP contribution is 2.36. The highest BCUT2D eigenvalue weighted by atomic mass is 32.2. The summed E-state index contributed by atoms with van der Waals surface area (Å²) in [5.41, 5.74) is 2.49. The Kier molecular flexibility index (Phi) is 13.1. The minimum atomic E-state index is -0.365. The minimum absolute atomic E-state index is 0.292. The number of fused-ring (bicyclic) bond motifs is 1. The van der Waals surface area contributed by atoms with Gasteiger partial charge in [0.1, 0.15) is 6.04 Å². The molecule has 1 N–H and O–H groups in total. The molecule has 0 aromatic heterocycles. The number of rotatable bonds is 16. The molecular weight excluding hydrogens is 476 g/mol. The Labute approximate surface area is 228 Å². The largest absolute Gasteiger partial charge is 0.463 e. The fourth-order valence-corrected chi connectivity index (χ4v) is 5.97. The van der Waals surface area contributed by atoms with E-state index >= 15 is 0 Å². The fraction of sp³-hybridized carbons (Fsp3) is 0.562. The zero-order valence-electron chi connectivity index (χ0n) is 23.2. The molecule has 0 saturated heterocycles. The van der Waals surface area contributed by atoms with Gasteiger partial charge in [-0.25, -0.2) is 9.79 Å². The number of hydrogen-bond donors (Lipinski definition) is 1. The van der Waals surface area contributed by atoms with Crippen molar-refractivity contribution in [2.45, 2.75) is 104 Å². The van der Waals surface area contributed by atoms with Crippen LogP contribution in [-0.4, -0.2) is 23.5 Å². The lowest BCUT2D eigenvalue weighted by Gasteiger charge is -2.26. The van der Waals surface area contributed by atoms with Crippen LogP contribution in [0.1, 0.15) is 109 Å². The van der Waals surface area contributed by atoms with E-state index in [9.17, 15) is 4.79 Å². The minimum Gasteiger partial charge on any atom is -0.463 e. The van der Waals surface area contributed by atoms with E-state index in [1.54, 1.807) is 11.8 Å². The van der Waals surface area contributed by atoms with Crippen LogP contribution in [0.15, 0.2) is 58.7 Å². The second-order valence-electron chi connectivity index (χ2n) is 10.0. The number of esters is 1. The molecule has 3 rings (SSSR count). The highest BCUT2D eigenvalue weighted by molar-refractivity contribution is 8.13. The normalized spacial score (nSPS) is 15.5. The summed E-state index contributed by atoms with van der Waals surface area (Å²) >= 11 is 1.77. The first kappa shape index (κ1) is 29.3. The molecule has 1 aliphatic rings. The maximum Gasteiger partial charge on any atom is 0.338 e. The van der Waals surface area contributed by atoms with Crippen LogP contribution in [0, 0.1) is 0 Å². The number of nitrogens with zero attached hydrogens (tertiary/aromatic N) is 1. The van der Waals surface area contributed by atoms with E-state index in [0.717, 1.165) is 33.0 Å². The molecule has 0 amide bonds. The number of ether oxygens (including phenoxy) is 1. The Morgan fingerprint density at radius 2 is 1.49 bits per heavy atom. The van der Waals surface area contributed by atoms with E-state index in [1.165, 1.54) is 77.0 Å². The lowest BCUT2D eigenvalue weighted by atomic mass is 9.92. The summed E-state index contributed by atoms with van der Waals surface area (Å²) in [6.45, 7) is 6.43. The van der Waals surface area contributed by atoms with E-state index in [-0.39, 0.29) is 12.0 Å². The molecule has 2 aromatic carbocycles. The molecule has 4 nitrogen and oxygen atoms in total. The quantitative estimate of drug-likeness (QED) is 0.176. The smallest absolute Gasteiger partial charge is 0.338 e. The summed E-state index contributed by atoms with van der Waals surface area (Å²) in [7, 11) is 0. The number of unbranched alkanes of at least 4 members (excludes halogenated alkanes) is 11. The van der Waals surface area contributed by atoms with Crippen molar-refractivity contribution in [3.05, 3.63) is 59.3 Å². The van der Waals surface area contributed by atoms with Crippen molar-refractivity contribution >= 4 is 33.7 Å². The van der Waals surface area contributed by atoms with Crippen LogP contribution in [0.2, 0.25) is 0 Å². The van der Waals surface area contributed by atoms with Gasteiger partial charge in [-0.15, -0.1) is 0 Å². The van der Waals surface area contributed by atoms with Crippen molar-refractivity contribution in [1.29, 1.82) is 0 Å². The lowest BCUT2D eigenvalue weighted by Crippen LogP contribution is -2.30. The average molecular weight is 523 g/mol. The number of aliphatic imine (C=N–C) groups is 1. The third kappa shape index (κ3) is 9.21. The van der Waals surface area contributed by atoms with Gasteiger partial charge >= 0.3 is 5.97 Å². The molecule has 0 saturated carbocycles. The second-order valence-corrected chi connectivity index (χ2v) is 11.1. The number of carbonyl (C=O) groups excluding carboxylic acids is 1. The lowest BCUT2D eigenvalue weighted by molar-refractivity contribution is -0.138. The van der Waals surface area contributed by atoms with Gasteiger partial charge in [0, 0.05) is 11.4 Å². The standard InChI is InChI=1S/C32H46N2O2S/c1-4-6-7-8-9-10-11-12-13-14-15-18-24-37-32-33-25(3)29(31(35)36-5-2)30(34-32)28-23-19-21-26-20-16-17-22-27(26)28/h16-17,19-23,30H,4-15,18,24H2,1-3H3,(H,33,34). The predicted octanol–water partition coefficient (Wildman–Crippen LogP) is 9.11. The van der Waals surface area contributed by atoms with E-state index in [4.69, 9.17) is 9.73 Å². The van der Waals surface area contributed by atoms with Crippen LogP contribution in [0.25, 0.3) is 10.8 Å². The Balaban J connectivity index is 1.51. The topological polar surface area (TPSA) is 50.7 Å². The Hall–Kier alpha value is -2.27. The molecule has 0 radical (unpaired) electrons. The number of carbonyl (C=O) groups is 1. The molecule has 37 heavy (non-hydrogen) atoms. The highest BCUT2D eigenvalue weighted by Gasteiger charge is 2.31. The molecule has 1 heterocycles. The maximum atomic E-state index is 12.9. The van der Waals surface area contributed by atoms with E-state index in [2.05, 4.69) is 36.5 Å². The summed E-state index contributed by atoms with van der Waals surface area (Å²) < 4.78 is 5.42. The van der Waals surface area contributed by atoms with Crippen LogP contribution < -0.4 is 5.32 Å². The van der Waals surface area contributed by atoms with E-state index < -0.39 is 0 Å². The second kappa shape index (κ2) is 16.5. The van der Waals surface area contributed by atoms with Gasteiger partial charge in [-0.3, -0.25) is 0 Å². The van der Waals surface area contributed by atoms with Gasteiger partial charge < -0.3 is 10.1 Å². The third-order valence-electron chi connectivity index (χ3n) is 7.07. The van der Waals surface area contributed by atoms with Crippen molar-refractivity contribution in [3.8, 4) is 0 Å². The van der Waals surface area contributed by atoms with Gasteiger partial charge in [0.15, 0.2) is 5.17 Å². The Bertz CT molecular complexity index is 1040. The van der Waals surface area contributed by atoms with Crippen LogP contribution in [0.4, 0.5) is 0 Å². The molecule has 0 bridgehead atoms. The van der Waals surface area contributed by atoms with Gasteiger partial charge in [0.25, 0.3) is 0 Å². The number of hydrogen-bond acceptors (Lipinski definition) is 5. The molecule has 5 heteroatoms. The Morgan fingerprint density at radius 1 is 0.865 bits per heavy atom. The van der Waals surface area contributed by atoms with Crippen molar-refractivity contribution < 1.29 is 9.53 Å². The monoisotopic (exact) mass is 522 g/mol. The summed E-state index contributed by atoms with van der Waals surface area (Å²) in [4.78, 5) is 18.0. The third-order valence-corrected chi connectivity index (χ3v) is 8.04. The molecule has 1 aliphatic heterocycles. The number of allylic oxidation sites excluding steroid dienone is 1. The molecule has 202 valence electrons. The zero-order valence-corrected chi connectivity index (χ0v) is 24.0. The summed E-state index contributed by atoms with van der Waals surface area (Å²) in [5.74, 6) is 0.743. The number of thioether (sulfide) groups is 1. The van der Waals surface area contributed by atoms with E-state index in [1.807, 2.05) is 32.0 Å². The molecular formula is C32H46N2O2S. The predicted molar refractivity (Wildman–Crippen MR) is 160 cm³/mol. The van der Waals surface area contributed by atoms with Crippen LogP contribution in [-0.2, 0) is 9.53 Å². The fourth-order valence-electron chi connectivity index (χ4n) is 5.02. The Morgan fingerprint density at radius 3 is 2.16 bits per heavy atom. The van der Waals surface area contributed by atoms with Crippen LogP contribution in [0.5, 0.6) is 0 Å². The van der Waals surface area contributed by atoms with Crippen molar-refractivity contribution in [3.63, 3.8) is 0 Å². The van der Waals surface area contributed by atoms with E-state index in [0.29, 0.717) is 12.2 Å². The average Bonchev–Trinajstić information content (AvgIpc) is 2.90. The molecule has 0 fully saturated rings. The summed E-state index contributed by atoms with van der Waals surface area (Å²) in [5, 5.41) is 6.56. The zero-order chi connectivity index (χ0) is 26.3.